The minimum Gasteiger partial charge on any atom is -0.444 e. The van der Waals surface area contributed by atoms with Crippen molar-refractivity contribution in [1.82, 2.24) is 14.5 Å². The molecule has 2 aliphatic rings. The number of rotatable bonds is 3. The maximum absolute atomic E-state index is 12.9. The van der Waals surface area contributed by atoms with Crippen LogP contribution in [0.3, 0.4) is 0 Å². The Labute approximate surface area is 175 Å². The first-order valence-corrected chi connectivity index (χ1v) is 10.2. The van der Waals surface area contributed by atoms with Gasteiger partial charge in [0.2, 0.25) is 0 Å². The molecule has 1 saturated carbocycles. The molecular formula is C21H25ClN4O3. The van der Waals surface area contributed by atoms with Crippen LogP contribution >= 0.6 is 11.6 Å². The van der Waals surface area contributed by atoms with Gasteiger partial charge in [0.1, 0.15) is 17.1 Å². The van der Waals surface area contributed by atoms with Crippen LogP contribution in [0, 0.1) is 5.92 Å². The van der Waals surface area contributed by atoms with Crippen LogP contribution in [0.4, 0.5) is 10.5 Å². The van der Waals surface area contributed by atoms with Crippen LogP contribution < -0.4 is 5.32 Å². The molecule has 29 heavy (non-hydrogen) atoms. The maximum atomic E-state index is 12.9. The molecule has 8 heteroatoms. The zero-order chi connectivity index (χ0) is 20.8. The lowest BCUT2D eigenvalue weighted by atomic mass is 10.1. The van der Waals surface area contributed by atoms with Crippen molar-refractivity contribution in [3.05, 3.63) is 47.0 Å². The molecule has 1 fully saturated rings. The number of benzene rings is 1. The van der Waals surface area contributed by atoms with E-state index in [0.717, 1.165) is 12.8 Å². The van der Waals surface area contributed by atoms with E-state index in [1.807, 2.05) is 37.5 Å². The topological polar surface area (TPSA) is 76.5 Å². The predicted molar refractivity (Wildman–Crippen MR) is 110 cm³/mol. The summed E-state index contributed by atoms with van der Waals surface area (Å²) in [5.41, 5.74) is 0.465. The number of fused-ring (bicyclic) bond motifs is 1. The standard InChI is InChI=1S/C21H25ClN4O3/c1-21(2,3)29-20(28)26-12-18-23-10-16(25(18)11-17(26)13-8-9-13)19(27)24-15-7-5-4-6-14(15)22/h4-7,10,13,17H,8-9,11-12H2,1-3H3,(H,24,27). The van der Waals surface area contributed by atoms with Crippen molar-refractivity contribution >= 4 is 29.3 Å². The molecule has 154 valence electrons. The van der Waals surface area contributed by atoms with E-state index in [-0.39, 0.29) is 18.0 Å². The van der Waals surface area contributed by atoms with Crippen molar-refractivity contribution in [3.63, 3.8) is 0 Å². The molecule has 0 spiro atoms. The summed E-state index contributed by atoms with van der Waals surface area (Å²) < 4.78 is 7.52. The predicted octanol–water partition coefficient (Wildman–Crippen LogP) is 4.32. The van der Waals surface area contributed by atoms with E-state index in [4.69, 9.17) is 16.3 Å². The van der Waals surface area contributed by atoms with E-state index in [9.17, 15) is 9.59 Å². The van der Waals surface area contributed by atoms with E-state index in [1.54, 1.807) is 23.2 Å². The molecule has 1 unspecified atom stereocenters. The zero-order valence-electron chi connectivity index (χ0n) is 16.8. The Balaban J connectivity index is 1.57. The van der Waals surface area contributed by atoms with Crippen molar-refractivity contribution < 1.29 is 14.3 Å². The number of imidazole rings is 1. The van der Waals surface area contributed by atoms with Gasteiger partial charge in [-0.05, 0) is 51.7 Å². The second-order valence-corrected chi connectivity index (χ2v) is 9.02. The molecule has 0 radical (unpaired) electrons. The number of amides is 2. The highest BCUT2D eigenvalue weighted by molar-refractivity contribution is 6.33. The highest BCUT2D eigenvalue weighted by Crippen LogP contribution is 2.39. The van der Waals surface area contributed by atoms with Gasteiger partial charge < -0.3 is 14.6 Å². The smallest absolute Gasteiger partial charge is 0.411 e. The van der Waals surface area contributed by atoms with Crippen LogP contribution in [-0.4, -0.2) is 38.1 Å². The van der Waals surface area contributed by atoms with Crippen LogP contribution in [0.1, 0.15) is 49.9 Å². The largest absolute Gasteiger partial charge is 0.444 e. The molecule has 1 aromatic carbocycles. The number of ether oxygens (including phenoxy) is 1. The molecule has 1 atom stereocenters. The van der Waals surface area contributed by atoms with E-state index in [1.165, 1.54) is 0 Å². The Morgan fingerprint density at radius 1 is 1.24 bits per heavy atom. The minimum absolute atomic E-state index is 0.00147. The van der Waals surface area contributed by atoms with Gasteiger partial charge in [-0.2, -0.15) is 0 Å². The van der Waals surface area contributed by atoms with Crippen molar-refractivity contribution in [2.45, 2.75) is 58.3 Å². The number of hydrogen-bond acceptors (Lipinski definition) is 4. The summed E-state index contributed by atoms with van der Waals surface area (Å²) >= 11 is 6.16. The van der Waals surface area contributed by atoms with Crippen molar-refractivity contribution in [2.24, 2.45) is 5.92 Å². The van der Waals surface area contributed by atoms with E-state index < -0.39 is 5.60 Å². The third-order valence-electron chi connectivity index (χ3n) is 5.17. The van der Waals surface area contributed by atoms with Gasteiger partial charge in [0.05, 0.1) is 29.5 Å². The van der Waals surface area contributed by atoms with Gasteiger partial charge in [0, 0.05) is 6.54 Å². The fourth-order valence-corrected chi connectivity index (χ4v) is 3.82. The Bertz CT molecular complexity index is 946. The zero-order valence-corrected chi connectivity index (χ0v) is 17.6. The molecule has 4 rings (SSSR count). The SMILES string of the molecule is CC(C)(C)OC(=O)N1Cc2ncc(C(=O)Nc3ccccc3Cl)n2CC1C1CC1. The first-order chi connectivity index (χ1) is 13.7. The van der Waals surface area contributed by atoms with Gasteiger partial charge in [0.15, 0.2) is 0 Å². The van der Waals surface area contributed by atoms with E-state index in [2.05, 4.69) is 10.3 Å². The molecule has 1 aliphatic carbocycles. The molecule has 7 nitrogen and oxygen atoms in total. The Kier molecular flexibility index (Phi) is 5.02. The molecule has 2 aromatic rings. The van der Waals surface area contributed by atoms with Gasteiger partial charge in [-0.1, -0.05) is 23.7 Å². The lowest BCUT2D eigenvalue weighted by Gasteiger charge is -2.37. The summed E-state index contributed by atoms with van der Waals surface area (Å²) in [6.07, 6.45) is 3.39. The van der Waals surface area contributed by atoms with Crippen LogP contribution in [0.5, 0.6) is 0 Å². The number of nitrogens with one attached hydrogen (secondary N) is 1. The second-order valence-electron chi connectivity index (χ2n) is 8.62. The summed E-state index contributed by atoms with van der Waals surface area (Å²) in [6, 6.07) is 7.10. The Morgan fingerprint density at radius 2 is 1.97 bits per heavy atom. The molecule has 1 aromatic heterocycles. The number of carbonyl (C=O) groups excluding carboxylic acids is 2. The monoisotopic (exact) mass is 416 g/mol. The summed E-state index contributed by atoms with van der Waals surface area (Å²) in [5.74, 6) is 0.840. The first kappa shape index (κ1) is 19.8. The average molecular weight is 417 g/mol. The van der Waals surface area contributed by atoms with Crippen molar-refractivity contribution in [3.8, 4) is 0 Å². The number of halogens is 1. The minimum atomic E-state index is -0.557. The maximum Gasteiger partial charge on any atom is 0.411 e. The quantitative estimate of drug-likeness (QED) is 0.808. The molecule has 2 amide bonds. The van der Waals surface area contributed by atoms with Crippen LogP contribution in [0.2, 0.25) is 5.02 Å². The van der Waals surface area contributed by atoms with Gasteiger partial charge >= 0.3 is 6.09 Å². The molecule has 1 N–H and O–H groups in total. The van der Waals surface area contributed by atoms with Crippen LogP contribution in [-0.2, 0) is 17.8 Å². The van der Waals surface area contributed by atoms with Crippen molar-refractivity contribution in [2.75, 3.05) is 5.32 Å². The fraction of sp³-hybridized carbons (Fsp3) is 0.476. The van der Waals surface area contributed by atoms with E-state index >= 15 is 0 Å². The normalized spacial score (nSPS) is 18.9. The number of aromatic nitrogens is 2. The van der Waals surface area contributed by atoms with Gasteiger partial charge in [0.25, 0.3) is 5.91 Å². The Hall–Kier alpha value is -2.54. The molecule has 0 bridgehead atoms. The molecule has 1 aliphatic heterocycles. The van der Waals surface area contributed by atoms with Gasteiger partial charge in [-0.15, -0.1) is 0 Å². The number of hydrogen-bond donors (Lipinski definition) is 1. The van der Waals surface area contributed by atoms with E-state index in [0.29, 0.717) is 41.2 Å². The third-order valence-corrected chi connectivity index (χ3v) is 5.50. The second kappa shape index (κ2) is 7.37. The highest BCUT2D eigenvalue weighted by atomic mass is 35.5. The van der Waals surface area contributed by atoms with Crippen molar-refractivity contribution in [1.29, 1.82) is 0 Å². The van der Waals surface area contributed by atoms with Crippen LogP contribution in [0.15, 0.2) is 30.5 Å². The molecule has 2 heterocycles. The number of carbonyl (C=O) groups is 2. The summed E-state index contributed by atoms with van der Waals surface area (Å²) in [4.78, 5) is 31.8. The molecule has 0 saturated heterocycles. The Morgan fingerprint density at radius 3 is 2.62 bits per heavy atom. The van der Waals surface area contributed by atoms with Gasteiger partial charge in [-0.25, -0.2) is 9.78 Å². The highest BCUT2D eigenvalue weighted by Gasteiger charge is 2.43. The average Bonchev–Trinajstić information content (AvgIpc) is 3.40. The lowest BCUT2D eigenvalue weighted by molar-refractivity contribution is 0.00393. The van der Waals surface area contributed by atoms with Gasteiger partial charge in [-0.3, -0.25) is 9.69 Å². The summed E-state index contributed by atoms with van der Waals surface area (Å²) in [5, 5.41) is 3.33. The third kappa shape index (κ3) is 4.24. The number of nitrogens with zero attached hydrogens (tertiary/aromatic N) is 3. The first-order valence-electron chi connectivity index (χ1n) is 9.83. The fourth-order valence-electron chi connectivity index (χ4n) is 3.63. The summed E-state index contributed by atoms with van der Waals surface area (Å²) in [7, 11) is 0. The van der Waals surface area contributed by atoms with Crippen LogP contribution in [0.25, 0.3) is 0 Å². The number of para-hydroxylation sites is 1. The number of anilines is 1. The summed E-state index contributed by atoms with van der Waals surface area (Å²) in [6.45, 7) is 6.44. The lowest BCUT2D eigenvalue weighted by Crippen LogP contribution is -2.49. The molecular weight excluding hydrogens is 392 g/mol.